The molecule has 1 aliphatic heterocycles. The van der Waals surface area contributed by atoms with Crippen LogP contribution in [0.4, 0.5) is 17.6 Å². The number of allylic oxidation sites excluding steroid dienone is 1. The van der Waals surface area contributed by atoms with Crippen LogP contribution in [0.2, 0.25) is 0 Å². The Morgan fingerprint density at radius 1 is 1.03 bits per heavy atom. The van der Waals surface area contributed by atoms with Crippen LogP contribution in [0.1, 0.15) is 43.2 Å². The maximum absolute atomic E-state index is 14.6. The van der Waals surface area contributed by atoms with Crippen molar-refractivity contribution in [2.45, 2.75) is 44.1 Å². The number of hydrogen-bond donors (Lipinski definition) is 0. The minimum atomic E-state index is -3.17. The highest BCUT2D eigenvalue weighted by Gasteiger charge is 2.32. The quantitative estimate of drug-likeness (QED) is 0.354. The van der Waals surface area contributed by atoms with Crippen LogP contribution in [0.3, 0.4) is 0 Å². The van der Waals surface area contributed by atoms with Gasteiger partial charge in [0.15, 0.2) is 11.5 Å². The van der Waals surface area contributed by atoms with E-state index in [0.717, 1.165) is 24.5 Å². The molecule has 0 N–H and O–H groups in total. The summed E-state index contributed by atoms with van der Waals surface area (Å²) >= 11 is 0. The predicted octanol–water partition coefficient (Wildman–Crippen LogP) is 6.37. The van der Waals surface area contributed by atoms with Gasteiger partial charge >= 0.3 is 0 Å². The largest absolute Gasteiger partial charge is 0.494 e. The third-order valence-corrected chi connectivity index (χ3v) is 5.43. The first-order valence-electron chi connectivity index (χ1n) is 10.2. The molecule has 1 saturated heterocycles. The van der Waals surface area contributed by atoms with E-state index in [4.69, 9.17) is 9.47 Å². The second-order valence-corrected chi connectivity index (χ2v) is 7.49. The normalized spacial score (nSPS) is 19.5. The molecule has 3 nitrogen and oxygen atoms in total. The molecule has 1 aliphatic rings. The summed E-state index contributed by atoms with van der Waals surface area (Å²) in [5.74, 6) is -6.18. The first kappa shape index (κ1) is 23.1. The average molecular weight is 438 g/mol. The third kappa shape index (κ3) is 5.58. The Balaban J connectivity index is 1.57. The van der Waals surface area contributed by atoms with Gasteiger partial charge in [0.05, 0.1) is 26.4 Å². The third-order valence-electron chi connectivity index (χ3n) is 5.43. The Kier molecular flexibility index (Phi) is 7.59. The summed E-state index contributed by atoms with van der Waals surface area (Å²) in [7, 11) is 1.20. The van der Waals surface area contributed by atoms with Crippen molar-refractivity contribution in [1.29, 1.82) is 0 Å². The second-order valence-electron chi connectivity index (χ2n) is 7.49. The first-order chi connectivity index (χ1) is 14.9. The Morgan fingerprint density at radius 3 is 2.32 bits per heavy atom. The molecule has 2 unspecified atom stereocenters. The number of hydrogen-bond acceptors (Lipinski definition) is 3. The molecule has 0 aliphatic carbocycles. The number of benzene rings is 2. The molecule has 0 radical (unpaired) electrons. The molecule has 0 saturated carbocycles. The highest BCUT2D eigenvalue weighted by Crippen LogP contribution is 2.35. The number of rotatable bonds is 8. The fraction of sp³-hybridized carbons (Fsp3) is 0.417. The van der Waals surface area contributed by atoms with Crippen LogP contribution in [0.5, 0.6) is 11.5 Å². The zero-order valence-electron chi connectivity index (χ0n) is 17.5. The molecule has 3 rings (SSSR count). The van der Waals surface area contributed by atoms with Crippen LogP contribution >= 0.6 is 0 Å². The molecule has 0 bridgehead atoms. The minimum absolute atomic E-state index is 0.119. The van der Waals surface area contributed by atoms with Crippen molar-refractivity contribution < 1.29 is 31.8 Å². The van der Waals surface area contributed by atoms with Gasteiger partial charge in [0.2, 0.25) is 11.6 Å². The van der Waals surface area contributed by atoms with Gasteiger partial charge in [-0.25, -0.2) is 8.78 Å². The SMILES string of the molecule is CC=CC1CCC(c2ccc(C(F)(F)CCOc3ccc(OC)c(F)c3F)cc2)CO1. The summed E-state index contributed by atoms with van der Waals surface area (Å²) < 4.78 is 72.2. The molecule has 0 amide bonds. The van der Waals surface area contributed by atoms with E-state index in [1.807, 2.05) is 19.1 Å². The number of alkyl halides is 2. The molecule has 1 heterocycles. The van der Waals surface area contributed by atoms with E-state index in [2.05, 4.69) is 4.74 Å². The standard InChI is InChI=1S/C24H26F4O3/c1-3-4-19-10-7-17(15-31-19)16-5-8-18(9-6-16)24(27,28)13-14-30-21-12-11-20(29-2)22(25)23(21)26/h3-6,8-9,11-12,17,19H,7,10,13-15H2,1-2H3. The lowest BCUT2D eigenvalue weighted by Crippen LogP contribution is -2.23. The molecule has 0 aromatic heterocycles. The highest BCUT2D eigenvalue weighted by atomic mass is 19.3. The fourth-order valence-corrected chi connectivity index (χ4v) is 3.62. The van der Waals surface area contributed by atoms with Crippen LogP contribution in [0.15, 0.2) is 48.6 Å². The van der Waals surface area contributed by atoms with Crippen molar-refractivity contribution >= 4 is 0 Å². The molecule has 2 aromatic rings. The van der Waals surface area contributed by atoms with E-state index in [0.29, 0.717) is 6.61 Å². The lowest BCUT2D eigenvalue weighted by atomic mass is 9.90. The summed E-state index contributed by atoms with van der Waals surface area (Å²) in [4.78, 5) is 0. The zero-order valence-corrected chi connectivity index (χ0v) is 17.5. The van der Waals surface area contributed by atoms with Gasteiger partial charge < -0.3 is 14.2 Å². The topological polar surface area (TPSA) is 27.7 Å². The molecule has 2 aromatic carbocycles. The average Bonchev–Trinajstić information content (AvgIpc) is 2.77. The van der Waals surface area contributed by atoms with Crippen LogP contribution in [0, 0.1) is 11.6 Å². The molecule has 7 heteroatoms. The van der Waals surface area contributed by atoms with Gasteiger partial charge in [0.1, 0.15) is 0 Å². The van der Waals surface area contributed by atoms with E-state index < -0.39 is 36.3 Å². The van der Waals surface area contributed by atoms with Gasteiger partial charge in [0, 0.05) is 17.9 Å². The lowest BCUT2D eigenvalue weighted by molar-refractivity contribution is -0.0246. The molecular formula is C24H26F4O3. The highest BCUT2D eigenvalue weighted by molar-refractivity contribution is 5.35. The summed E-state index contributed by atoms with van der Waals surface area (Å²) in [5.41, 5.74) is 0.815. The van der Waals surface area contributed by atoms with Gasteiger partial charge in [0.25, 0.3) is 5.92 Å². The molecule has 168 valence electrons. The van der Waals surface area contributed by atoms with Gasteiger partial charge in [-0.05, 0) is 37.5 Å². The van der Waals surface area contributed by atoms with Gasteiger partial charge in [-0.15, -0.1) is 0 Å². The van der Waals surface area contributed by atoms with Crippen molar-refractivity contribution in [2.75, 3.05) is 20.3 Å². The van der Waals surface area contributed by atoms with Gasteiger partial charge in [-0.3, -0.25) is 0 Å². The molecular weight excluding hydrogens is 412 g/mol. The van der Waals surface area contributed by atoms with Gasteiger partial charge in [-0.1, -0.05) is 36.4 Å². The molecule has 1 fully saturated rings. The summed E-state index contributed by atoms with van der Waals surface area (Å²) in [6.07, 6.45) is 5.26. The second kappa shape index (κ2) is 10.2. The Hall–Kier alpha value is -2.54. The number of ether oxygens (including phenoxy) is 3. The van der Waals surface area contributed by atoms with E-state index in [9.17, 15) is 17.6 Å². The first-order valence-corrected chi connectivity index (χ1v) is 10.2. The maximum atomic E-state index is 14.6. The number of halogens is 4. The number of methoxy groups -OCH3 is 1. The van der Waals surface area contributed by atoms with Crippen molar-refractivity contribution in [2.24, 2.45) is 0 Å². The minimum Gasteiger partial charge on any atom is -0.494 e. The Labute approximate surface area is 179 Å². The predicted molar refractivity (Wildman–Crippen MR) is 110 cm³/mol. The zero-order chi connectivity index (χ0) is 22.4. The van der Waals surface area contributed by atoms with Crippen molar-refractivity contribution in [3.8, 4) is 11.5 Å². The van der Waals surface area contributed by atoms with Crippen molar-refractivity contribution in [1.82, 2.24) is 0 Å². The van der Waals surface area contributed by atoms with E-state index in [1.165, 1.54) is 25.3 Å². The molecule has 2 atom stereocenters. The van der Waals surface area contributed by atoms with Crippen LogP contribution in [0.25, 0.3) is 0 Å². The summed E-state index contributed by atoms with van der Waals surface area (Å²) in [5, 5.41) is 0. The molecule has 31 heavy (non-hydrogen) atoms. The summed E-state index contributed by atoms with van der Waals surface area (Å²) in [6.45, 7) is 2.04. The Bertz CT molecular complexity index is 888. The van der Waals surface area contributed by atoms with Crippen molar-refractivity contribution in [3.63, 3.8) is 0 Å². The van der Waals surface area contributed by atoms with E-state index >= 15 is 0 Å². The maximum Gasteiger partial charge on any atom is 0.276 e. The van der Waals surface area contributed by atoms with E-state index in [1.54, 1.807) is 12.1 Å². The fourth-order valence-electron chi connectivity index (χ4n) is 3.62. The van der Waals surface area contributed by atoms with Crippen LogP contribution < -0.4 is 9.47 Å². The molecule has 0 spiro atoms. The van der Waals surface area contributed by atoms with Gasteiger partial charge in [-0.2, -0.15) is 8.78 Å². The monoisotopic (exact) mass is 438 g/mol. The lowest BCUT2D eigenvalue weighted by Gasteiger charge is -2.28. The Morgan fingerprint density at radius 2 is 1.71 bits per heavy atom. The smallest absolute Gasteiger partial charge is 0.276 e. The summed E-state index contributed by atoms with van der Waals surface area (Å²) in [6, 6.07) is 8.54. The van der Waals surface area contributed by atoms with Crippen LogP contribution in [-0.2, 0) is 10.7 Å². The van der Waals surface area contributed by atoms with Crippen LogP contribution in [-0.4, -0.2) is 26.4 Å². The van der Waals surface area contributed by atoms with Crippen molar-refractivity contribution in [3.05, 3.63) is 71.3 Å². The van der Waals surface area contributed by atoms with E-state index in [-0.39, 0.29) is 23.3 Å².